The highest BCUT2D eigenvalue weighted by molar-refractivity contribution is 6.32. The summed E-state index contributed by atoms with van der Waals surface area (Å²) in [5.74, 6) is -0.485. The van der Waals surface area contributed by atoms with Gasteiger partial charge in [-0.3, -0.25) is 0 Å². The van der Waals surface area contributed by atoms with Gasteiger partial charge in [0, 0.05) is 11.4 Å². The Bertz CT molecular complexity index is 599. The summed E-state index contributed by atoms with van der Waals surface area (Å²) in [7, 11) is 0. The fourth-order valence-corrected chi connectivity index (χ4v) is 2.30. The summed E-state index contributed by atoms with van der Waals surface area (Å²) in [4.78, 5) is 0. The molecule has 19 heavy (non-hydrogen) atoms. The molecule has 0 amide bonds. The van der Waals surface area contributed by atoms with Crippen LogP contribution in [0.25, 0.3) is 0 Å². The lowest BCUT2D eigenvalue weighted by Gasteiger charge is -2.14. The smallest absolute Gasteiger partial charge is 0.142 e. The quantitative estimate of drug-likeness (QED) is 0.869. The topological polar surface area (TPSA) is 20.2 Å². The highest BCUT2D eigenvalue weighted by Crippen LogP contribution is 2.28. The van der Waals surface area contributed by atoms with Crippen LogP contribution in [-0.4, -0.2) is 5.11 Å². The molecule has 0 bridgehead atoms. The van der Waals surface area contributed by atoms with E-state index in [1.54, 1.807) is 12.1 Å². The first kappa shape index (κ1) is 14.3. The van der Waals surface area contributed by atoms with Gasteiger partial charge < -0.3 is 5.11 Å². The largest absolute Gasteiger partial charge is 0.388 e. The summed E-state index contributed by atoms with van der Waals surface area (Å²) < 4.78 is 13.3. The van der Waals surface area contributed by atoms with Gasteiger partial charge in [0.15, 0.2) is 0 Å². The van der Waals surface area contributed by atoms with Crippen molar-refractivity contribution in [3.8, 4) is 0 Å². The molecular weight excluding hydrogens is 286 g/mol. The van der Waals surface area contributed by atoms with E-state index in [1.165, 1.54) is 12.1 Å². The van der Waals surface area contributed by atoms with E-state index < -0.39 is 11.9 Å². The predicted octanol–water partition coefficient (Wildman–Crippen LogP) is 4.72. The molecule has 0 aliphatic rings. The second-order valence-corrected chi connectivity index (χ2v) is 5.23. The molecule has 4 heteroatoms. The van der Waals surface area contributed by atoms with Crippen molar-refractivity contribution in [2.45, 2.75) is 19.4 Å². The fraction of sp³-hybridized carbons (Fsp3) is 0.200. The van der Waals surface area contributed by atoms with Crippen molar-refractivity contribution in [3.63, 3.8) is 0 Å². The average molecular weight is 299 g/mol. The van der Waals surface area contributed by atoms with Crippen molar-refractivity contribution < 1.29 is 9.50 Å². The minimum absolute atomic E-state index is 0.0758. The lowest BCUT2D eigenvalue weighted by molar-refractivity contribution is 0.178. The van der Waals surface area contributed by atoms with E-state index >= 15 is 0 Å². The van der Waals surface area contributed by atoms with Gasteiger partial charge >= 0.3 is 0 Å². The Kier molecular flexibility index (Phi) is 4.46. The third kappa shape index (κ3) is 3.27. The zero-order valence-corrected chi connectivity index (χ0v) is 11.8. The molecule has 0 fully saturated rings. The van der Waals surface area contributed by atoms with Crippen LogP contribution < -0.4 is 0 Å². The third-order valence-corrected chi connectivity index (χ3v) is 3.82. The number of aliphatic hydroxyl groups is 1. The lowest BCUT2D eigenvalue weighted by atomic mass is 10.00. The minimum atomic E-state index is -0.770. The predicted molar refractivity (Wildman–Crippen MR) is 76.3 cm³/mol. The molecule has 0 aliphatic carbocycles. The molecule has 0 aliphatic heterocycles. The minimum Gasteiger partial charge on any atom is -0.388 e. The maximum atomic E-state index is 13.3. The van der Waals surface area contributed by atoms with Crippen LogP contribution in [0.1, 0.15) is 22.8 Å². The summed E-state index contributed by atoms with van der Waals surface area (Å²) in [6, 6.07) is 9.99. The van der Waals surface area contributed by atoms with Crippen molar-refractivity contribution in [1.82, 2.24) is 0 Å². The number of hydrogen-bond acceptors (Lipinski definition) is 1. The number of halogens is 3. The molecule has 1 N–H and O–H groups in total. The van der Waals surface area contributed by atoms with Crippen LogP contribution in [0.4, 0.5) is 4.39 Å². The molecule has 0 aromatic heterocycles. The molecule has 2 aromatic rings. The summed E-state index contributed by atoms with van der Waals surface area (Å²) in [5, 5.41) is 10.8. The first-order chi connectivity index (χ1) is 8.99. The Labute approximate surface area is 121 Å². The summed E-state index contributed by atoms with van der Waals surface area (Å²) in [6.07, 6.45) is -0.481. The van der Waals surface area contributed by atoms with Gasteiger partial charge in [-0.25, -0.2) is 4.39 Å². The number of aryl methyl sites for hydroxylation is 1. The molecule has 1 unspecified atom stereocenters. The van der Waals surface area contributed by atoms with Crippen molar-refractivity contribution in [3.05, 3.63) is 69.0 Å². The summed E-state index contributed by atoms with van der Waals surface area (Å²) in [5.41, 5.74) is 2.23. The molecule has 2 aromatic carbocycles. The molecule has 0 spiro atoms. The third-order valence-electron chi connectivity index (χ3n) is 2.99. The van der Waals surface area contributed by atoms with Gasteiger partial charge in [0.1, 0.15) is 5.82 Å². The molecule has 0 radical (unpaired) electrons. The molecule has 100 valence electrons. The van der Waals surface area contributed by atoms with Crippen molar-refractivity contribution in [2.24, 2.45) is 0 Å². The first-order valence-corrected chi connectivity index (χ1v) is 6.61. The van der Waals surface area contributed by atoms with Crippen LogP contribution in [-0.2, 0) is 6.42 Å². The Balaban J connectivity index is 2.23. The highest BCUT2D eigenvalue weighted by Gasteiger charge is 2.14. The van der Waals surface area contributed by atoms with Crippen LogP contribution in [0.3, 0.4) is 0 Å². The maximum absolute atomic E-state index is 13.3. The first-order valence-electron chi connectivity index (χ1n) is 5.86. The Hall–Kier alpha value is -1.09. The second kappa shape index (κ2) is 5.91. The zero-order valence-electron chi connectivity index (χ0n) is 10.3. The second-order valence-electron chi connectivity index (χ2n) is 4.45. The average Bonchev–Trinajstić information content (AvgIpc) is 2.37. The van der Waals surface area contributed by atoms with E-state index in [0.717, 1.165) is 5.56 Å². The van der Waals surface area contributed by atoms with Gasteiger partial charge in [-0.1, -0.05) is 47.5 Å². The van der Waals surface area contributed by atoms with E-state index in [4.69, 9.17) is 23.2 Å². The van der Waals surface area contributed by atoms with Crippen LogP contribution >= 0.6 is 23.2 Å². The standard InChI is InChI=1S/C15H13Cl2FO/c1-9-3-2-4-11(15(9)17)14(19)8-10-5-6-12(16)13(18)7-10/h2-7,14,19H,8H2,1H3. The number of aliphatic hydroxyl groups excluding tert-OH is 1. The van der Waals surface area contributed by atoms with Crippen LogP contribution in [0.5, 0.6) is 0 Å². The molecular formula is C15H13Cl2FO. The zero-order chi connectivity index (χ0) is 14.0. The Morgan fingerprint density at radius 3 is 2.63 bits per heavy atom. The fourth-order valence-electron chi connectivity index (χ4n) is 1.93. The number of rotatable bonds is 3. The number of benzene rings is 2. The molecule has 1 atom stereocenters. The lowest BCUT2D eigenvalue weighted by Crippen LogP contribution is -2.03. The van der Waals surface area contributed by atoms with Gasteiger partial charge in [-0.2, -0.15) is 0 Å². The van der Waals surface area contributed by atoms with Crippen molar-refractivity contribution in [2.75, 3.05) is 0 Å². The van der Waals surface area contributed by atoms with Crippen molar-refractivity contribution in [1.29, 1.82) is 0 Å². The van der Waals surface area contributed by atoms with Gasteiger partial charge in [-0.15, -0.1) is 0 Å². The van der Waals surface area contributed by atoms with E-state index in [9.17, 15) is 9.50 Å². The van der Waals surface area contributed by atoms with E-state index in [-0.39, 0.29) is 11.4 Å². The van der Waals surface area contributed by atoms with Crippen LogP contribution in [0, 0.1) is 12.7 Å². The van der Waals surface area contributed by atoms with E-state index in [2.05, 4.69) is 0 Å². The summed E-state index contributed by atoms with van der Waals surface area (Å²) in [6.45, 7) is 1.88. The monoisotopic (exact) mass is 298 g/mol. The molecule has 0 saturated carbocycles. The van der Waals surface area contributed by atoms with Crippen molar-refractivity contribution >= 4 is 23.2 Å². The molecule has 2 rings (SSSR count). The van der Waals surface area contributed by atoms with E-state index in [1.807, 2.05) is 19.1 Å². The normalized spacial score (nSPS) is 12.5. The molecule has 0 saturated heterocycles. The van der Waals surface area contributed by atoms with Gasteiger partial charge in [-0.05, 0) is 35.7 Å². The molecule has 0 heterocycles. The van der Waals surface area contributed by atoms with Crippen LogP contribution in [0.15, 0.2) is 36.4 Å². The van der Waals surface area contributed by atoms with Crippen LogP contribution in [0.2, 0.25) is 10.0 Å². The van der Waals surface area contributed by atoms with Gasteiger partial charge in [0.25, 0.3) is 0 Å². The maximum Gasteiger partial charge on any atom is 0.142 e. The highest BCUT2D eigenvalue weighted by atomic mass is 35.5. The number of hydrogen-bond donors (Lipinski definition) is 1. The van der Waals surface area contributed by atoms with Gasteiger partial charge in [0.05, 0.1) is 11.1 Å². The van der Waals surface area contributed by atoms with Gasteiger partial charge in [0.2, 0.25) is 0 Å². The molecule has 1 nitrogen and oxygen atoms in total. The van der Waals surface area contributed by atoms with E-state index in [0.29, 0.717) is 16.1 Å². The Morgan fingerprint density at radius 1 is 1.21 bits per heavy atom. The SMILES string of the molecule is Cc1cccc(C(O)Cc2ccc(Cl)c(F)c2)c1Cl. The Morgan fingerprint density at radius 2 is 1.95 bits per heavy atom. The summed E-state index contributed by atoms with van der Waals surface area (Å²) >= 11 is 11.8.